The van der Waals surface area contributed by atoms with E-state index in [0.29, 0.717) is 6.42 Å². The Morgan fingerprint density at radius 1 is 1.40 bits per heavy atom. The summed E-state index contributed by atoms with van der Waals surface area (Å²) in [5.41, 5.74) is 0. The minimum absolute atomic E-state index is 0.000725. The van der Waals surface area contributed by atoms with Crippen LogP contribution in [0.1, 0.15) is 20.3 Å². The van der Waals surface area contributed by atoms with Crippen molar-refractivity contribution in [2.24, 2.45) is 5.92 Å². The Kier molecular flexibility index (Phi) is 5.96. The Labute approximate surface area is 116 Å². The number of hydrogen-bond acceptors (Lipinski definition) is 3. The van der Waals surface area contributed by atoms with Crippen LogP contribution >= 0.6 is 0 Å². The minimum atomic E-state index is -0.992. The summed E-state index contributed by atoms with van der Waals surface area (Å²) in [6.45, 7) is 3.22. The molecule has 110 valence electrons. The van der Waals surface area contributed by atoms with Crippen molar-refractivity contribution >= 4 is 11.9 Å². The molecular weight excluding hydrogens is 265 g/mol. The maximum atomic E-state index is 13.4. The van der Waals surface area contributed by atoms with Crippen LogP contribution < -0.4 is 10.1 Å². The third-order valence-corrected chi connectivity index (χ3v) is 2.77. The predicted molar refractivity (Wildman–Crippen MR) is 70.9 cm³/mol. The van der Waals surface area contributed by atoms with Gasteiger partial charge in [0.05, 0.1) is 5.92 Å². The molecule has 0 aliphatic heterocycles. The van der Waals surface area contributed by atoms with Gasteiger partial charge in [0.25, 0.3) is 5.91 Å². The molecule has 0 aromatic heterocycles. The average molecular weight is 283 g/mol. The average Bonchev–Trinajstić information content (AvgIpc) is 2.43. The fourth-order valence-electron chi connectivity index (χ4n) is 1.47. The number of ether oxygens (including phenoxy) is 1. The number of benzene rings is 1. The third-order valence-electron chi connectivity index (χ3n) is 2.77. The first-order valence-corrected chi connectivity index (χ1v) is 6.37. The lowest BCUT2D eigenvalue weighted by atomic mass is 10.2. The van der Waals surface area contributed by atoms with Gasteiger partial charge in [-0.05, 0) is 18.6 Å². The molecule has 2 unspecified atom stereocenters. The Bertz CT molecular complexity index is 478. The van der Waals surface area contributed by atoms with Crippen LogP contribution in [0.15, 0.2) is 24.3 Å². The summed E-state index contributed by atoms with van der Waals surface area (Å²) in [6.07, 6.45) is -0.505. The molecule has 0 saturated carbocycles. The van der Waals surface area contributed by atoms with E-state index < -0.39 is 29.7 Å². The number of amides is 1. The fraction of sp³-hybridized carbons (Fsp3) is 0.429. The second-order valence-electron chi connectivity index (χ2n) is 4.43. The fourth-order valence-corrected chi connectivity index (χ4v) is 1.47. The second kappa shape index (κ2) is 7.47. The Morgan fingerprint density at radius 2 is 2.05 bits per heavy atom. The second-order valence-corrected chi connectivity index (χ2v) is 4.43. The van der Waals surface area contributed by atoms with Crippen LogP contribution in [-0.4, -0.2) is 29.6 Å². The summed E-state index contributed by atoms with van der Waals surface area (Å²) in [5, 5.41) is 11.2. The van der Waals surface area contributed by atoms with Gasteiger partial charge in [0.2, 0.25) is 0 Å². The highest BCUT2D eigenvalue weighted by Crippen LogP contribution is 2.18. The zero-order valence-electron chi connectivity index (χ0n) is 11.4. The molecule has 5 nitrogen and oxygen atoms in total. The van der Waals surface area contributed by atoms with E-state index in [-0.39, 0.29) is 12.3 Å². The topological polar surface area (TPSA) is 75.6 Å². The van der Waals surface area contributed by atoms with Crippen LogP contribution in [0.3, 0.4) is 0 Å². The maximum Gasteiger partial charge on any atom is 0.308 e. The predicted octanol–water partition coefficient (Wildman–Crippen LogP) is 1.82. The third kappa shape index (κ3) is 4.53. The Hall–Kier alpha value is -2.11. The standard InChI is InChI=1S/C14H18FNO4/c1-3-11(13(17)16-8-9(2)14(18)19)20-12-7-5-4-6-10(12)15/h4-7,9,11H,3,8H2,1-2H3,(H,16,17)(H,18,19). The van der Waals surface area contributed by atoms with E-state index in [2.05, 4.69) is 5.32 Å². The van der Waals surface area contributed by atoms with E-state index in [0.717, 1.165) is 0 Å². The molecule has 0 spiro atoms. The van der Waals surface area contributed by atoms with Crippen LogP contribution in [0.5, 0.6) is 5.75 Å². The van der Waals surface area contributed by atoms with E-state index in [4.69, 9.17) is 9.84 Å². The Balaban J connectivity index is 2.60. The monoisotopic (exact) mass is 283 g/mol. The van der Waals surface area contributed by atoms with Crippen molar-refractivity contribution in [2.45, 2.75) is 26.4 Å². The van der Waals surface area contributed by atoms with Crippen molar-refractivity contribution in [1.29, 1.82) is 0 Å². The molecule has 0 bridgehead atoms. The number of carboxylic acids is 1. The first kappa shape index (κ1) is 15.9. The molecule has 20 heavy (non-hydrogen) atoms. The number of aliphatic carboxylic acids is 1. The summed E-state index contributed by atoms with van der Waals surface area (Å²) < 4.78 is 18.7. The Morgan fingerprint density at radius 3 is 2.60 bits per heavy atom. The largest absolute Gasteiger partial charge is 0.481 e. The van der Waals surface area contributed by atoms with Crippen molar-refractivity contribution in [3.8, 4) is 5.75 Å². The zero-order valence-corrected chi connectivity index (χ0v) is 11.4. The molecule has 2 atom stereocenters. The van der Waals surface area contributed by atoms with Crippen molar-refractivity contribution in [2.75, 3.05) is 6.54 Å². The molecule has 0 fully saturated rings. The quantitative estimate of drug-likeness (QED) is 0.800. The van der Waals surface area contributed by atoms with Gasteiger partial charge in [-0.25, -0.2) is 4.39 Å². The summed E-state index contributed by atoms with van der Waals surface area (Å²) in [5.74, 6) is -2.68. The van der Waals surface area contributed by atoms with E-state index in [1.54, 1.807) is 13.0 Å². The molecule has 1 rings (SSSR count). The van der Waals surface area contributed by atoms with Gasteiger partial charge in [-0.1, -0.05) is 26.0 Å². The van der Waals surface area contributed by atoms with Gasteiger partial charge < -0.3 is 15.2 Å². The minimum Gasteiger partial charge on any atom is -0.481 e. The molecule has 0 aliphatic rings. The van der Waals surface area contributed by atoms with Gasteiger partial charge in [-0.2, -0.15) is 0 Å². The molecule has 2 N–H and O–H groups in total. The highest BCUT2D eigenvalue weighted by molar-refractivity contribution is 5.81. The van der Waals surface area contributed by atoms with Gasteiger partial charge in [-0.15, -0.1) is 0 Å². The van der Waals surface area contributed by atoms with Gasteiger partial charge >= 0.3 is 5.97 Å². The lowest BCUT2D eigenvalue weighted by Crippen LogP contribution is -2.41. The van der Waals surface area contributed by atoms with Crippen LogP contribution in [-0.2, 0) is 9.59 Å². The smallest absolute Gasteiger partial charge is 0.308 e. The SMILES string of the molecule is CCC(Oc1ccccc1F)C(=O)NCC(C)C(=O)O. The van der Waals surface area contributed by atoms with E-state index in [1.165, 1.54) is 25.1 Å². The van der Waals surface area contributed by atoms with Gasteiger partial charge in [0.1, 0.15) is 0 Å². The summed E-state index contributed by atoms with van der Waals surface area (Å²) in [6, 6.07) is 5.81. The molecule has 1 amide bonds. The van der Waals surface area contributed by atoms with Crippen LogP contribution in [0.25, 0.3) is 0 Å². The lowest BCUT2D eigenvalue weighted by Gasteiger charge is -2.18. The normalized spacial score (nSPS) is 13.3. The van der Waals surface area contributed by atoms with Gasteiger partial charge in [0, 0.05) is 6.54 Å². The zero-order chi connectivity index (χ0) is 15.1. The molecule has 0 radical (unpaired) electrons. The summed E-state index contributed by atoms with van der Waals surface area (Å²) in [7, 11) is 0. The highest BCUT2D eigenvalue weighted by atomic mass is 19.1. The van der Waals surface area contributed by atoms with E-state index in [9.17, 15) is 14.0 Å². The van der Waals surface area contributed by atoms with E-state index >= 15 is 0 Å². The van der Waals surface area contributed by atoms with Crippen molar-refractivity contribution in [1.82, 2.24) is 5.32 Å². The van der Waals surface area contributed by atoms with Crippen LogP contribution in [0.2, 0.25) is 0 Å². The van der Waals surface area contributed by atoms with Crippen LogP contribution in [0, 0.1) is 11.7 Å². The van der Waals surface area contributed by atoms with Crippen molar-refractivity contribution in [3.05, 3.63) is 30.1 Å². The molecule has 1 aromatic carbocycles. The molecule has 6 heteroatoms. The summed E-state index contributed by atoms with van der Waals surface area (Å²) in [4.78, 5) is 22.5. The molecule has 0 heterocycles. The number of rotatable bonds is 7. The number of para-hydroxylation sites is 1. The van der Waals surface area contributed by atoms with E-state index in [1.807, 2.05) is 0 Å². The van der Waals surface area contributed by atoms with Gasteiger partial charge in [-0.3, -0.25) is 9.59 Å². The number of nitrogens with one attached hydrogen (secondary N) is 1. The maximum absolute atomic E-state index is 13.4. The number of carboxylic acid groups (broad SMARTS) is 1. The van der Waals surface area contributed by atoms with Crippen molar-refractivity contribution in [3.63, 3.8) is 0 Å². The summed E-state index contributed by atoms with van der Waals surface area (Å²) >= 11 is 0. The number of carbonyl (C=O) groups is 2. The van der Waals surface area contributed by atoms with Crippen LogP contribution in [0.4, 0.5) is 4.39 Å². The first-order chi connectivity index (χ1) is 9.45. The molecule has 0 aliphatic carbocycles. The van der Waals surface area contributed by atoms with Gasteiger partial charge in [0.15, 0.2) is 17.7 Å². The molecular formula is C14H18FNO4. The number of carbonyl (C=O) groups excluding carboxylic acids is 1. The first-order valence-electron chi connectivity index (χ1n) is 6.37. The van der Waals surface area contributed by atoms with Crippen molar-refractivity contribution < 1.29 is 23.8 Å². The molecule has 1 aromatic rings. The lowest BCUT2D eigenvalue weighted by molar-refractivity contribution is -0.141. The number of halogens is 1. The molecule has 0 saturated heterocycles. The highest BCUT2D eigenvalue weighted by Gasteiger charge is 2.21. The number of hydrogen-bond donors (Lipinski definition) is 2.